The first-order chi connectivity index (χ1) is 13.5. The second-order valence-corrected chi connectivity index (χ2v) is 8.64. The summed E-state index contributed by atoms with van der Waals surface area (Å²) in [6.45, 7) is 9.51. The van der Waals surface area contributed by atoms with Crippen LogP contribution in [-0.4, -0.2) is 23.9 Å². The van der Waals surface area contributed by atoms with Gasteiger partial charge in [0.05, 0.1) is 6.04 Å². The molecule has 0 bridgehead atoms. The highest BCUT2D eigenvalue weighted by Crippen LogP contribution is 2.24. The van der Waals surface area contributed by atoms with Crippen molar-refractivity contribution in [1.29, 1.82) is 0 Å². The Morgan fingerprint density at radius 1 is 1.04 bits per heavy atom. The Morgan fingerprint density at radius 3 is 2.29 bits per heavy atom. The van der Waals surface area contributed by atoms with Crippen LogP contribution >= 0.6 is 0 Å². The van der Waals surface area contributed by atoms with Gasteiger partial charge in [-0.15, -0.1) is 0 Å². The number of carbonyl (C=O) groups excluding carboxylic acids is 1. The molecule has 1 aliphatic rings. The zero-order valence-electron chi connectivity index (χ0n) is 17.5. The fourth-order valence-electron chi connectivity index (χ4n) is 4.03. The maximum Gasteiger partial charge on any atom is 0.223 e. The van der Waals surface area contributed by atoms with E-state index >= 15 is 0 Å². The second-order valence-electron chi connectivity index (χ2n) is 8.64. The van der Waals surface area contributed by atoms with Crippen LogP contribution in [0.1, 0.15) is 55.8 Å². The summed E-state index contributed by atoms with van der Waals surface area (Å²) < 4.78 is 0. The Bertz CT molecular complexity index is 731. The summed E-state index contributed by atoms with van der Waals surface area (Å²) in [5.74, 6) is 0.902. The third-order valence-electron chi connectivity index (χ3n) is 5.71. The highest BCUT2D eigenvalue weighted by atomic mass is 16.1. The van der Waals surface area contributed by atoms with Gasteiger partial charge >= 0.3 is 0 Å². The first-order valence-electron chi connectivity index (χ1n) is 10.6. The van der Waals surface area contributed by atoms with Crippen molar-refractivity contribution >= 4 is 5.91 Å². The minimum absolute atomic E-state index is 0.110. The highest BCUT2D eigenvalue weighted by Gasteiger charge is 2.27. The average Bonchev–Trinajstić information content (AvgIpc) is 2.70. The van der Waals surface area contributed by atoms with Crippen LogP contribution in [0.5, 0.6) is 0 Å². The van der Waals surface area contributed by atoms with E-state index in [0.29, 0.717) is 5.92 Å². The molecular formula is C25H34N2O. The van der Waals surface area contributed by atoms with Crippen LogP contribution in [-0.2, 0) is 11.3 Å². The van der Waals surface area contributed by atoms with Gasteiger partial charge in [0.15, 0.2) is 0 Å². The van der Waals surface area contributed by atoms with E-state index < -0.39 is 0 Å². The fraction of sp³-hybridized carbons (Fsp3) is 0.480. The number of likely N-dealkylation sites (tertiary alicyclic amines) is 1. The number of nitrogens with zero attached hydrogens (tertiary/aromatic N) is 1. The predicted molar refractivity (Wildman–Crippen MR) is 116 cm³/mol. The minimum Gasteiger partial charge on any atom is -0.349 e. The van der Waals surface area contributed by atoms with Crippen LogP contribution in [0.3, 0.4) is 0 Å². The van der Waals surface area contributed by atoms with Crippen molar-refractivity contribution in [3.05, 3.63) is 71.3 Å². The summed E-state index contributed by atoms with van der Waals surface area (Å²) in [6.07, 6.45) is 2.86. The normalized spacial score (nSPS) is 16.9. The third-order valence-corrected chi connectivity index (χ3v) is 5.71. The Kier molecular flexibility index (Phi) is 7.27. The van der Waals surface area contributed by atoms with Crippen LogP contribution in [0, 0.1) is 18.8 Å². The monoisotopic (exact) mass is 378 g/mol. The molecule has 3 rings (SSSR count). The molecule has 0 radical (unpaired) electrons. The van der Waals surface area contributed by atoms with Gasteiger partial charge in [0.25, 0.3) is 0 Å². The number of hydrogen-bond donors (Lipinski definition) is 1. The summed E-state index contributed by atoms with van der Waals surface area (Å²) in [5.41, 5.74) is 3.87. The summed E-state index contributed by atoms with van der Waals surface area (Å²) in [7, 11) is 0. The first kappa shape index (κ1) is 20.6. The third kappa shape index (κ3) is 5.93. The zero-order valence-corrected chi connectivity index (χ0v) is 17.5. The molecule has 3 heteroatoms. The van der Waals surface area contributed by atoms with Crippen molar-refractivity contribution in [2.24, 2.45) is 11.8 Å². The van der Waals surface area contributed by atoms with E-state index in [0.717, 1.165) is 38.9 Å². The van der Waals surface area contributed by atoms with E-state index in [-0.39, 0.29) is 17.9 Å². The Balaban J connectivity index is 1.52. The number of benzene rings is 2. The number of amides is 1. The SMILES string of the molecule is Cc1ccc(CN2CCC(C(=O)N[C@@H](CC(C)C)c3ccccc3)CC2)cc1. The molecule has 1 fully saturated rings. The molecule has 1 N–H and O–H groups in total. The lowest BCUT2D eigenvalue weighted by Crippen LogP contribution is -2.41. The maximum atomic E-state index is 12.9. The van der Waals surface area contributed by atoms with Crippen molar-refractivity contribution in [3.63, 3.8) is 0 Å². The van der Waals surface area contributed by atoms with E-state index in [9.17, 15) is 4.79 Å². The predicted octanol–water partition coefficient (Wildman–Crippen LogP) is 5.11. The second kappa shape index (κ2) is 9.88. The van der Waals surface area contributed by atoms with Crippen molar-refractivity contribution in [3.8, 4) is 0 Å². The van der Waals surface area contributed by atoms with Crippen molar-refractivity contribution in [1.82, 2.24) is 10.2 Å². The first-order valence-corrected chi connectivity index (χ1v) is 10.6. The molecule has 0 spiro atoms. The summed E-state index contributed by atoms with van der Waals surface area (Å²) in [4.78, 5) is 15.4. The lowest BCUT2D eigenvalue weighted by molar-refractivity contribution is -0.127. The quantitative estimate of drug-likeness (QED) is 0.726. The Morgan fingerprint density at radius 2 is 1.68 bits per heavy atom. The Hall–Kier alpha value is -2.13. The standard InChI is InChI=1S/C25H34N2O/c1-19(2)17-24(22-7-5-4-6-8-22)26-25(28)23-13-15-27(16-14-23)18-21-11-9-20(3)10-12-21/h4-12,19,23-24H,13-18H2,1-3H3,(H,26,28)/t24-/m0/s1. The van der Waals surface area contributed by atoms with Crippen molar-refractivity contribution < 1.29 is 4.79 Å². The molecule has 0 saturated carbocycles. The van der Waals surface area contributed by atoms with Crippen LogP contribution in [0.25, 0.3) is 0 Å². The maximum absolute atomic E-state index is 12.9. The molecule has 1 saturated heterocycles. The van der Waals surface area contributed by atoms with Gasteiger partial charge in [-0.2, -0.15) is 0 Å². The van der Waals surface area contributed by atoms with Crippen molar-refractivity contribution in [2.75, 3.05) is 13.1 Å². The number of rotatable bonds is 7. The molecular weight excluding hydrogens is 344 g/mol. The number of aryl methyl sites for hydroxylation is 1. The van der Waals surface area contributed by atoms with Crippen LogP contribution in [0.4, 0.5) is 0 Å². The number of piperidine rings is 1. The largest absolute Gasteiger partial charge is 0.349 e. The molecule has 1 aliphatic heterocycles. The van der Waals surface area contributed by atoms with Crippen molar-refractivity contribution in [2.45, 2.75) is 52.6 Å². The Labute approximate surface area is 170 Å². The zero-order chi connectivity index (χ0) is 19.9. The highest BCUT2D eigenvalue weighted by molar-refractivity contribution is 5.79. The van der Waals surface area contributed by atoms with Gasteiger partial charge in [-0.25, -0.2) is 0 Å². The molecule has 2 aromatic rings. The smallest absolute Gasteiger partial charge is 0.223 e. The molecule has 0 unspecified atom stereocenters. The van der Waals surface area contributed by atoms with Crippen LogP contribution < -0.4 is 5.32 Å². The van der Waals surface area contributed by atoms with E-state index in [1.165, 1.54) is 16.7 Å². The van der Waals surface area contributed by atoms with Gasteiger partial charge in [-0.05, 0) is 56.3 Å². The molecule has 0 aliphatic carbocycles. The van der Waals surface area contributed by atoms with Gasteiger partial charge in [0, 0.05) is 12.5 Å². The molecule has 150 valence electrons. The van der Waals surface area contributed by atoms with Gasteiger partial charge in [0.2, 0.25) is 5.91 Å². The number of carbonyl (C=O) groups is 1. The lowest BCUT2D eigenvalue weighted by atomic mass is 9.92. The van der Waals surface area contributed by atoms with E-state index in [4.69, 9.17) is 0 Å². The van der Waals surface area contributed by atoms with Gasteiger partial charge in [0.1, 0.15) is 0 Å². The van der Waals surface area contributed by atoms with E-state index in [2.05, 4.69) is 79.5 Å². The lowest BCUT2D eigenvalue weighted by Gasteiger charge is -2.32. The average molecular weight is 379 g/mol. The number of hydrogen-bond acceptors (Lipinski definition) is 2. The minimum atomic E-state index is 0.110. The van der Waals surface area contributed by atoms with E-state index in [1.54, 1.807) is 0 Å². The molecule has 0 aromatic heterocycles. The van der Waals surface area contributed by atoms with Crippen LogP contribution in [0.15, 0.2) is 54.6 Å². The number of nitrogens with one attached hydrogen (secondary N) is 1. The molecule has 1 atom stereocenters. The molecule has 2 aromatic carbocycles. The molecule has 3 nitrogen and oxygen atoms in total. The molecule has 1 amide bonds. The van der Waals surface area contributed by atoms with Gasteiger partial charge < -0.3 is 5.32 Å². The topological polar surface area (TPSA) is 32.3 Å². The molecule has 28 heavy (non-hydrogen) atoms. The van der Waals surface area contributed by atoms with Gasteiger partial charge in [-0.3, -0.25) is 9.69 Å². The molecule has 1 heterocycles. The van der Waals surface area contributed by atoms with Gasteiger partial charge in [-0.1, -0.05) is 74.0 Å². The van der Waals surface area contributed by atoms with Crippen LogP contribution in [0.2, 0.25) is 0 Å². The fourth-order valence-corrected chi connectivity index (χ4v) is 4.03. The summed E-state index contributed by atoms with van der Waals surface area (Å²) >= 11 is 0. The van der Waals surface area contributed by atoms with E-state index in [1.807, 2.05) is 6.07 Å². The summed E-state index contributed by atoms with van der Waals surface area (Å²) in [6, 6.07) is 19.3. The summed E-state index contributed by atoms with van der Waals surface area (Å²) in [5, 5.41) is 3.35.